The van der Waals surface area contributed by atoms with Crippen molar-refractivity contribution in [3.63, 3.8) is 0 Å². The van der Waals surface area contributed by atoms with Gasteiger partial charge in [0.25, 0.3) is 0 Å². The number of allylic oxidation sites excluding steroid dienone is 2. The van der Waals surface area contributed by atoms with E-state index in [2.05, 4.69) is 17.9 Å². The van der Waals surface area contributed by atoms with E-state index in [-0.39, 0.29) is 0 Å². The van der Waals surface area contributed by atoms with Crippen molar-refractivity contribution >= 4 is 0 Å². The second-order valence-electron chi connectivity index (χ2n) is 3.13. The first-order chi connectivity index (χ1) is 5.36. The van der Waals surface area contributed by atoms with Crippen LogP contribution in [0.15, 0.2) is 11.8 Å². The molecule has 3 aliphatic rings. The van der Waals surface area contributed by atoms with Gasteiger partial charge in [-0.05, 0) is 25.7 Å². The van der Waals surface area contributed by atoms with Crippen molar-refractivity contribution in [3.05, 3.63) is 11.8 Å². The van der Waals surface area contributed by atoms with E-state index in [4.69, 9.17) is 0 Å². The summed E-state index contributed by atoms with van der Waals surface area (Å²) < 4.78 is 0. The molecular weight excluding hydrogens is 134 g/mol. The van der Waals surface area contributed by atoms with Crippen molar-refractivity contribution in [2.45, 2.75) is 33.6 Å². The minimum Gasteiger partial charge on any atom is -0.375 e. The maximum atomic E-state index is 2.49. The topological polar surface area (TPSA) is 3.24 Å². The molecule has 0 spiro atoms. The Morgan fingerprint density at radius 3 is 2.00 bits per heavy atom. The zero-order chi connectivity index (χ0) is 8.27. The number of rotatable bonds is 0. The van der Waals surface area contributed by atoms with Crippen molar-refractivity contribution in [2.75, 3.05) is 13.1 Å². The molecule has 0 aromatic heterocycles. The molecule has 3 aliphatic heterocycles. The first-order valence-electron chi connectivity index (χ1n) is 4.79. The number of nitrogens with zero attached hydrogens (tertiary/aromatic N) is 1. The SMILES string of the molecule is CC.CC1=CC2CCN1CC2. The van der Waals surface area contributed by atoms with E-state index < -0.39 is 0 Å². The smallest absolute Gasteiger partial charge is 0.0180 e. The summed E-state index contributed by atoms with van der Waals surface area (Å²) in [5, 5.41) is 0. The normalized spacial score (nSPS) is 22.5. The van der Waals surface area contributed by atoms with E-state index in [1.807, 2.05) is 13.8 Å². The van der Waals surface area contributed by atoms with Crippen LogP contribution in [0.25, 0.3) is 0 Å². The van der Waals surface area contributed by atoms with Crippen LogP contribution in [0.4, 0.5) is 0 Å². The van der Waals surface area contributed by atoms with E-state index in [1.54, 1.807) is 0 Å². The Hall–Kier alpha value is -0.460. The number of fused-ring (bicyclic) bond motifs is 2. The molecule has 1 saturated heterocycles. The van der Waals surface area contributed by atoms with Crippen LogP contribution in [0.1, 0.15) is 33.6 Å². The van der Waals surface area contributed by atoms with Gasteiger partial charge in [-0.1, -0.05) is 19.9 Å². The van der Waals surface area contributed by atoms with Crippen LogP contribution in [-0.4, -0.2) is 18.0 Å². The highest BCUT2D eigenvalue weighted by Crippen LogP contribution is 2.28. The van der Waals surface area contributed by atoms with Gasteiger partial charge in [0.15, 0.2) is 0 Å². The van der Waals surface area contributed by atoms with Crippen molar-refractivity contribution in [1.29, 1.82) is 0 Å². The molecule has 0 N–H and O–H groups in total. The Morgan fingerprint density at radius 2 is 1.82 bits per heavy atom. The molecule has 0 aliphatic carbocycles. The summed E-state index contributed by atoms with van der Waals surface area (Å²) in [5.41, 5.74) is 1.51. The third kappa shape index (κ3) is 1.76. The number of hydrogen-bond acceptors (Lipinski definition) is 1. The Kier molecular flexibility index (Phi) is 2.98. The fourth-order valence-corrected chi connectivity index (χ4v) is 1.87. The van der Waals surface area contributed by atoms with Crippen molar-refractivity contribution in [2.24, 2.45) is 5.92 Å². The third-order valence-corrected chi connectivity index (χ3v) is 2.52. The summed E-state index contributed by atoms with van der Waals surface area (Å²) in [4.78, 5) is 2.49. The quantitative estimate of drug-likeness (QED) is 0.517. The maximum Gasteiger partial charge on any atom is 0.0180 e. The molecule has 2 bridgehead atoms. The second kappa shape index (κ2) is 3.80. The molecule has 0 aromatic rings. The van der Waals surface area contributed by atoms with Crippen LogP contribution in [0.3, 0.4) is 0 Å². The zero-order valence-corrected chi connectivity index (χ0v) is 7.93. The predicted molar refractivity (Wildman–Crippen MR) is 49.4 cm³/mol. The number of hydrogen-bond donors (Lipinski definition) is 0. The van der Waals surface area contributed by atoms with E-state index in [0.717, 1.165) is 5.92 Å². The molecule has 3 heterocycles. The van der Waals surface area contributed by atoms with Crippen LogP contribution in [0.2, 0.25) is 0 Å². The van der Waals surface area contributed by atoms with E-state index >= 15 is 0 Å². The predicted octanol–water partition coefficient (Wildman–Crippen LogP) is 2.64. The average molecular weight is 153 g/mol. The van der Waals surface area contributed by atoms with Gasteiger partial charge in [0.2, 0.25) is 0 Å². The summed E-state index contributed by atoms with van der Waals surface area (Å²) in [6, 6.07) is 0. The van der Waals surface area contributed by atoms with Gasteiger partial charge in [-0.3, -0.25) is 0 Å². The first-order valence-corrected chi connectivity index (χ1v) is 4.79. The minimum atomic E-state index is 0.926. The third-order valence-electron chi connectivity index (χ3n) is 2.52. The highest BCUT2D eigenvalue weighted by atomic mass is 15.1. The Bertz CT molecular complexity index is 141. The first kappa shape index (κ1) is 8.63. The van der Waals surface area contributed by atoms with Gasteiger partial charge < -0.3 is 4.90 Å². The molecule has 0 aromatic carbocycles. The van der Waals surface area contributed by atoms with Crippen LogP contribution in [-0.2, 0) is 0 Å². The van der Waals surface area contributed by atoms with E-state index in [0.29, 0.717) is 0 Å². The van der Waals surface area contributed by atoms with Gasteiger partial charge in [-0.15, -0.1) is 0 Å². The standard InChI is InChI=1S/C8H13N.C2H6/c1-7-6-8-2-4-9(7)5-3-8;1-2/h6,8H,2-5H2,1H3;1-2H3. The molecule has 1 heteroatoms. The fraction of sp³-hybridized carbons (Fsp3) is 0.800. The molecule has 0 saturated carbocycles. The number of piperidine rings is 1. The monoisotopic (exact) mass is 153 g/mol. The molecule has 0 atom stereocenters. The molecule has 0 radical (unpaired) electrons. The van der Waals surface area contributed by atoms with Gasteiger partial charge in [-0.25, -0.2) is 0 Å². The highest BCUT2D eigenvalue weighted by molar-refractivity contribution is 5.08. The van der Waals surface area contributed by atoms with Crippen LogP contribution >= 0.6 is 0 Å². The van der Waals surface area contributed by atoms with E-state index in [9.17, 15) is 0 Å². The van der Waals surface area contributed by atoms with Crippen LogP contribution < -0.4 is 0 Å². The van der Waals surface area contributed by atoms with Crippen molar-refractivity contribution in [1.82, 2.24) is 4.90 Å². The fourth-order valence-electron chi connectivity index (χ4n) is 1.87. The van der Waals surface area contributed by atoms with Crippen LogP contribution in [0, 0.1) is 5.92 Å². The molecule has 11 heavy (non-hydrogen) atoms. The second-order valence-corrected chi connectivity index (χ2v) is 3.13. The lowest BCUT2D eigenvalue weighted by Gasteiger charge is -2.38. The molecule has 0 amide bonds. The van der Waals surface area contributed by atoms with E-state index in [1.165, 1.54) is 31.6 Å². The van der Waals surface area contributed by atoms with Crippen molar-refractivity contribution < 1.29 is 0 Å². The molecule has 1 fully saturated rings. The largest absolute Gasteiger partial charge is 0.375 e. The van der Waals surface area contributed by atoms with Crippen molar-refractivity contribution in [3.8, 4) is 0 Å². The lowest BCUT2D eigenvalue weighted by atomic mass is 9.91. The Balaban J connectivity index is 0.000000281. The molecule has 3 rings (SSSR count). The molecule has 1 nitrogen and oxygen atoms in total. The average Bonchev–Trinajstić information content (AvgIpc) is 2.10. The van der Waals surface area contributed by atoms with Crippen LogP contribution in [0.5, 0.6) is 0 Å². The van der Waals surface area contributed by atoms with Gasteiger partial charge in [-0.2, -0.15) is 0 Å². The van der Waals surface area contributed by atoms with Gasteiger partial charge >= 0.3 is 0 Å². The zero-order valence-electron chi connectivity index (χ0n) is 7.93. The highest BCUT2D eigenvalue weighted by Gasteiger charge is 2.22. The molecule has 64 valence electrons. The summed E-state index contributed by atoms with van der Waals surface area (Å²) in [7, 11) is 0. The maximum absolute atomic E-state index is 2.49. The molecule has 0 unspecified atom stereocenters. The minimum absolute atomic E-state index is 0.926. The molecular formula is C10H19N. The summed E-state index contributed by atoms with van der Waals surface area (Å²) in [6.07, 6.45) is 5.22. The lowest BCUT2D eigenvalue weighted by molar-refractivity contribution is 0.220. The Morgan fingerprint density at radius 1 is 1.27 bits per heavy atom. The lowest BCUT2D eigenvalue weighted by Crippen LogP contribution is -2.36. The Labute approximate surface area is 70.1 Å². The summed E-state index contributed by atoms with van der Waals surface area (Å²) in [6.45, 7) is 8.85. The van der Waals surface area contributed by atoms with Gasteiger partial charge in [0.05, 0.1) is 0 Å². The van der Waals surface area contributed by atoms with Gasteiger partial charge in [0, 0.05) is 18.8 Å². The summed E-state index contributed by atoms with van der Waals surface area (Å²) >= 11 is 0. The van der Waals surface area contributed by atoms with Gasteiger partial charge in [0.1, 0.15) is 0 Å². The summed E-state index contributed by atoms with van der Waals surface area (Å²) in [5.74, 6) is 0.926.